The lowest BCUT2D eigenvalue weighted by atomic mass is 9.79. The zero-order valence-electron chi connectivity index (χ0n) is 14.1. The van der Waals surface area contributed by atoms with Crippen LogP contribution in [0.15, 0.2) is 0 Å². The van der Waals surface area contributed by atoms with E-state index in [1.807, 2.05) is 13.8 Å². The molecule has 3 nitrogen and oxygen atoms in total. The highest BCUT2D eigenvalue weighted by molar-refractivity contribution is 5.85. The number of hydrogen-bond acceptors (Lipinski definition) is 2. The molecule has 2 atom stereocenters. The smallest absolute Gasteiger partial charge is 0.240 e. The predicted octanol–water partition coefficient (Wildman–Crippen LogP) is 4.43. The summed E-state index contributed by atoms with van der Waals surface area (Å²) in [6.07, 6.45) is 9.43. The van der Waals surface area contributed by atoms with Crippen molar-refractivity contribution in [2.24, 2.45) is 17.3 Å². The molecular weight excluding hydrogens is 260 g/mol. The van der Waals surface area contributed by atoms with Crippen LogP contribution in [0.25, 0.3) is 0 Å². The first-order chi connectivity index (χ1) is 10.1. The topological polar surface area (TPSA) is 52.9 Å². The van der Waals surface area contributed by atoms with Gasteiger partial charge in [0.25, 0.3) is 0 Å². The summed E-state index contributed by atoms with van der Waals surface area (Å²) in [7, 11) is 0. The highest BCUT2D eigenvalue weighted by atomic mass is 16.2. The van der Waals surface area contributed by atoms with Crippen LogP contribution >= 0.6 is 0 Å². The van der Waals surface area contributed by atoms with Crippen LogP contribution in [0.1, 0.15) is 78.6 Å². The van der Waals surface area contributed by atoms with Crippen LogP contribution in [0, 0.1) is 28.6 Å². The lowest BCUT2D eigenvalue weighted by molar-refractivity contribution is -0.129. The van der Waals surface area contributed by atoms with Crippen molar-refractivity contribution in [3.05, 3.63) is 0 Å². The fourth-order valence-electron chi connectivity index (χ4n) is 3.75. The zero-order chi connectivity index (χ0) is 15.7. The summed E-state index contributed by atoms with van der Waals surface area (Å²) in [6, 6.07) is 2.30. The highest BCUT2D eigenvalue weighted by Gasteiger charge is 2.36. The minimum Gasteiger partial charge on any atom is -0.355 e. The van der Waals surface area contributed by atoms with Gasteiger partial charge in [-0.15, -0.1) is 0 Å². The van der Waals surface area contributed by atoms with Gasteiger partial charge in [0.05, 0.1) is 6.07 Å². The Kier molecular flexibility index (Phi) is 7.78. The van der Waals surface area contributed by atoms with E-state index in [4.69, 9.17) is 0 Å². The first-order valence-electron chi connectivity index (χ1n) is 8.77. The van der Waals surface area contributed by atoms with Crippen molar-refractivity contribution < 1.29 is 4.79 Å². The average Bonchev–Trinajstić information content (AvgIpc) is 2.47. The van der Waals surface area contributed by atoms with Crippen molar-refractivity contribution in [1.29, 1.82) is 5.26 Å². The summed E-state index contributed by atoms with van der Waals surface area (Å²) >= 11 is 0. The second kappa shape index (κ2) is 9.07. The standard InChI is InChI=1S/C18H32N2O/c1-4-10-18(14-19,11-5-2)17(21)20-12-9-16-8-6-7-15(3)13-16/h15-16H,4-13H2,1-3H3,(H,20,21). The number of amides is 1. The van der Waals surface area contributed by atoms with Crippen LogP contribution in [-0.4, -0.2) is 12.5 Å². The Hall–Kier alpha value is -1.04. The van der Waals surface area contributed by atoms with Crippen LogP contribution < -0.4 is 5.32 Å². The van der Waals surface area contributed by atoms with Gasteiger partial charge in [-0.05, 0) is 37.5 Å². The summed E-state index contributed by atoms with van der Waals surface area (Å²) in [4.78, 5) is 12.4. The molecule has 0 radical (unpaired) electrons. The molecule has 1 saturated carbocycles. The summed E-state index contributed by atoms with van der Waals surface area (Å²) in [6.45, 7) is 7.14. The van der Waals surface area contributed by atoms with Gasteiger partial charge in [-0.1, -0.05) is 52.9 Å². The summed E-state index contributed by atoms with van der Waals surface area (Å²) in [5, 5.41) is 12.5. The van der Waals surface area contributed by atoms with E-state index in [1.165, 1.54) is 25.7 Å². The third kappa shape index (κ3) is 5.34. The van der Waals surface area contributed by atoms with Gasteiger partial charge in [0.2, 0.25) is 5.91 Å². The molecule has 0 aliphatic heterocycles. The zero-order valence-corrected chi connectivity index (χ0v) is 14.1. The van der Waals surface area contributed by atoms with Crippen molar-refractivity contribution in [2.75, 3.05) is 6.54 Å². The Balaban J connectivity index is 2.44. The molecule has 0 bridgehead atoms. The molecule has 1 aliphatic rings. The molecule has 1 amide bonds. The molecule has 0 aromatic carbocycles. The second-order valence-electron chi connectivity index (χ2n) is 6.88. The van der Waals surface area contributed by atoms with Crippen molar-refractivity contribution in [2.45, 2.75) is 78.6 Å². The molecule has 1 aliphatic carbocycles. The molecule has 21 heavy (non-hydrogen) atoms. The van der Waals surface area contributed by atoms with Crippen molar-refractivity contribution in [3.63, 3.8) is 0 Å². The fourth-order valence-corrected chi connectivity index (χ4v) is 3.75. The van der Waals surface area contributed by atoms with E-state index in [9.17, 15) is 10.1 Å². The van der Waals surface area contributed by atoms with Crippen LogP contribution in [0.3, 0.4) is 0 Å². The van der Waals surface area contributed by atoms with Gasteiger partial charge in [0.1, 0.15) is 5.41 Å². The SMILES string of the molecule is CCCC(C#N)(CCC)C(=O)NCCC1CCCC(C)C1. The number of nitrogens with zero attached hydrogens (tertiary/aromatic N) is 1. The Morgan fingerprint density at radius 1 is 1.29 bits per heavy atom. The third-order valence-corrected chi connectivity index (χ3v) is 4.89. The van der Waals surface area contributed by atoms with E-state index >= 15 is 0 Å². The molecule has 2 unspecified atom stereocenters. The average molecular weight is 292 g/mol. The molecule has 1 fully saturated rings. The minimum absolute atomic E-state index is 0.0439. The maximum absolute atomic E-state index is 12.4. The first kappa shape index (κ1) is 18.0. The molecule has 0 saturated heterocycles. The van der Waals surface area contributed by atoms with Gasteiger partial charge in [0.15, 0.2) is 0 Å². The minimum atomic E-state index is -0.802. The number of nitrogens with one attached hydrogen (secondary N) is 1. The van der Waals surface area contributed by atoms with Crippen molar-refractivity contribution in [3.8, 4) is 6.07 Å². The molecule has 0 heterocycles. The summed E-state index contributed by atoms with van der Waals surface area (Å²) < 4.78 is 0. The lowest BCUT2D eigenvalue weighted by Gasteiger charge is -2.28. The molecular formula is C18H32N2O. The van der Waals surface area contributed by atoms with E-state index in [0.717, 1.165) is 37.6 Å². The molecule has 0 aromatic rings. The summed E-state index contributed by atoms with van der Waals surface area (Å²) in [5.74, 6) is 1.54. The monoisotopic (exact) mass is 292 g/mol. The predicted molar refractivity (Wildman–Crippen MR) is 86.6 cm³/mol. The van der Waals surface area contributed by atoms with E-state index in [2.05, 4.69) is 18.3 Å². The molecule has 0 spiro atoms. The fraction of sp³-hybridized carbons (Fsp3) is 0.889. The molecule has 0 aromatic heterocycles. The van der Waals surface area contributed by atoms with Gasteiger partial charge < -0.3 is 5.32 Å². The Labute approximate surface area is 130 Å². The lowest BCUT2D eigenvalue weighted by Crippen LogP contribution is -2.41. The Bertz CT molecular complexity index is 353. The van der Waals surface area contributed by atoms with Gasteiger partial charge in [-0.25, -0.2) is 0 Å². The second-order valence-corrected chi connectivity index (χ2v) is 6.88. The van der Waals surface area contributed by atoms with Crippen LogP contribution in [-0.2, 0) is 4.79 Å². The highest BCUT2D eigenvalue weighted by Crippen LogP contribution is 2.31. The molecule has 1 rings (SSSR count). The van der Waals surface area contributed by atoms with Crippen LogP contribution in [0.2, 0.25) is 0 Å². The Morgan fingerprint density at radius 3 is 2.48 bits per heavy atom. The van der Waals surface area contributed by atoms with E-state index in [1.54, 1.807) is 0 Å². The largest absolute Gasteiger partial charge is 0.355 e. The normalized spacial score (nSPS) is 22.6. The van der Waals surface area contributed by atoms with Crippen LogP contribution in [0.5, 0.6) is 0 Å². The van der Waals surface area contributed by atoms with Gasteiger partial charge in [-0.3, -0.25) is 4.79 Å². The third-order valence-electron chi connectivity index (χ3n) is 4.89. The van der Waals surface area contributed by atoms with E-state index < -0.39 is 5.41 Å². The summed E-state index contributed by atoms with van der Waals surface area (Å²) in [5.41, 5.74) is -0.802. The first-order valence-corrected chi connectivity index (χ1v) is 8.77. The maximum Gasteiger partial charge on any atom is 0.240 e. The number of nitriles is 1. The number of hydrogen-bond donors (Lipinski definition) is 1. The molecule has 1 N–H and O–H groups in total. The van der Waals surface area contributed by atoms with Crippen LogP contribution in [0.4, 0.5) is 0 Å². The van der Waals surface area contributed by atoms with E-state index in [-0.39, 0.29) is 5.91 Å². The maximum atomic E-state index is 12.4. The van der Waals surface area contributed by atoms with E-state index in [0.29, 0.717) is 12.8 Å². The molecule has 120 valence electrons. The van der Waals surface area contributed by atoms with Crippen molar-refractivity contribution >= 4 is 5.91 Å². The van der Waals surface area contributed by atoms with Crippen molar-refractivity contribution in [1.82, 2.24) is 5.32 Å². The number of carbonyl (C=O) groups excluding carboxylic acids is 1. The van der Waals surface area contributed by atoms with Gasteiger partial charge in [-0.2, -0.15) is 5.26 Å². The van der Waals surface area contributed by atoms with Gasteiger partial charge in [0, 0.05) is 6.54 Å². The van der Waals surface area contributed by atoms with Gasteiger partial charge >= 0.3 is 0 Å². The number of rotatable bonds is 8. The Morgan fingerprint density at radius 2 is 1.95 bits per heavy atom. The number of carbonyl (C=O) groups is 1. The quantitative estimate of drug-likeness (QED) is 0.719. The molecule has 3 heteroatoms.